The summed E-state index contributed by atoms with van der Waals surface area (Å²) >= 11 is 0. The monoisotopic (exact) mass is 333 g/mol. The van der Waals surface area contributed by atoms with E-state index in [1.807, 2.05) is 31.9 Å². The molecule has 2 aromatic heterocycles. The highest BCUT2D eigenvalue weighted by Gasteiger charge is 2.31. The van der Waals surface area contributed by atoms with Gasteiger partial charge in [0, 0.05) is 26.2 Å². The van der Waals surface area contributed by atoms with Crippen LogP contribution < -0.4 is 10.1 Å². The van der Waals surface area contributed by atoms with E-state index < -0.39 is 0 Å². The average Bonchev–Trinajstić information content (AvgIpc) is 3.23. The van der Waals surface area contributed by atoms with Crippen LogP contribution in [0.3, 0.4) is 0 Å². The van der Waals surface area contributed by atoms with Gasteiger partial charge in [-0.15, -0.1) is 0 Å². The Kier molecular flexibility index (Phi) is 4.84. The number of hydrogen-bond acceptors (Lipinski definition) is 5. The molecule has 1 fully saturated rings. The maximum absolute atomic E-state index is 12.2. The molecule has 1 N–H and O–H groups in total. The first-order chi connectivity index (χ1) is 11.5. The Morgan fingerprint density at radius 1 is 1.38 bits per heavy atom. The van der Waals surface area contributed by atoms with Gasteiger partial charge >= 0.3 is 0 Å². The van der Waals surface area contributed by atoms with Gasteiger partial charge in [-0.3, -0.25) is 14.2 Å². The van der Waals surface area contributed by atoms with Gasteiger partial charge in [0.25, 0.3) is 0 Å². The molecular weight excluding hydrogens is 310 g/mol. The lowest BCUT2D eigenvalue weighted by atomic mass is 10.1. The number of carbonyl (C=O) groups excluding carboxylic acids is 1. The zero-order valence-electron chi connectivity index (χ0n) is 14.2. The van der Waals surface area contributed by atoms with E-state index in [4.69, 9.17) is 9.47 Å². The second-order valence-corrected chi connectivity index (χ2v) is 6.10. The first-order valence-electron chi connectivity index (χ1n) is 8.03. The highest BCUT2D eigenvalue weighted by Crippen LogP contribution is 2.16. The molecule has 2 atom stereocenters. The maximum Gasteiger partial charge on any atom is 0.220 e. The fraction of sp³-hybridized carbons (Fsp3) is 0.562. The molecule has 8 nitrogen and oxygen atoms in total. The van der Waals surface area contributed by atoms with Crippen molar-refractivity contribution in [2.75, 3.05) is 13.2 Å². The number of hydrogen-bond donors (Lipinski definition) is 1. The van der Waals surface area contributed by atoms with E-state index in [0.29, 0.717) is 31.8 Å². The number of amides is 1. The highest BCUT2D eigenvalue weighted by atomic mass is 16.5. The van der Waals surface area contributed by atoms with E-state index in [0.717, 1.165) is 11.3 Å². The summed E-state index contributed by atoms with van der Waals surface area (Å²) in [6, 6.07) is -0.146. The van der Waals surface area contributed by atoms with Crippen molar-refractivity contribution in [1.29, 1.82) is 0 Å². The van der Waals surface area contributed by atoms with Crippen molar-refractivity contribution in [3.63, 3.8) is 0 Å². The molecule has 0 spiro atoms. The van der Waals surface area contributed by atoms with Crippen molar-refractivity contribution in [3.05, 3.63) is 29.8 Å². The molecule has 0 aliphatic carbocycles. The Hall–Kier alpha value is -2.35. The SMILES string of the molecule is Cc1c(CCC(=O)N[C@H]2COC[C@H]2Oc2cnn(C)c2)cnn1C. The normalized spacial score (nSPS) is 20.3. The van der Waals surface area contributed by atoms with E-state index in [9.17, 15) is 4.79 Å². The number of nitrogens with zero attached hydrogens (tertiary/aromatic N) is 4. The number of carbonyl (C=O) groups is 1. The van der Waals surface area contributed by atoms with Crippen LogP contribution >= 0.6 is 0 Å². The van der Waals surface area contributed by atoms with E-state index in [2.05, 4.69) is 15.5 Å². The molecule has 0 unspecified atom stereocenters. The summed E-state index contributed by atoms with van der Waals surface area (Å²) in [6.07, 6.45) is 6.16. The molecule has 130 valence electrons. The number of aryl methyl sites for hydroxylation is 3. The van der Waals surface area contributed by atoms with Crippen LogP contribution in [0, 0.1) is 6.92 Å². The summed E-state index contributed by atoms with van der Waals surface area (Å²) in [4.78, 5) is 12.2. The Labute approximate surface area is 140 Å². The molecule has 3 rings (SSSR count). The minimum atomic E-state index is -0.196. The molecule has 24 heavy (non-hydrogen) atoms. The predicted molar refractivity (Wildman–Crippen MR) is 86.6 cm³/mol. The smallest absolute Gasteiger partial charge is 0.220 e. The quantitative estimate of drug-likeness (QED) is 0.825. The zero-order valence-corrected chi connectivity index (χ0v) is 14.2. The predicted octanol–water partition coefficient (Wildman–Crippen LogP) is 0.357. The summed E-state index contributed by atoms with van der Waals surface area (Å²) in [5, 5.41) is 11.3. The van der Waals surface area contributed by atoms with E-state index in [-0.39, 0.29) is 18.1 Å². The number of aromatic nitrogens is 4. The average molecular weight is 333 g/mol. The van der Waals surface area contributed by atoms with Crippen LogP contribution in [0.5, 0.6) is 5.75 Å². The molecule has 0 radical (unpaired) electrons. The summed E-state index contributed by atoms with van der Waals surface area (Å²) in [5.74, 6) is 0.673. The Balaban J connectivity index is 1.50. The van der Waals surface area contributed by atoms with E-state index in [1.165, 1.54) is 0 Å². The standard InChI is InChI=1S/C16H23N5O3/c1-11-12(6-18-21(11)3)4-5-16(22)19-14-9-23-10-15(14)24-13-7-17-20(2)8-13/h6-8,14-15H,4-5,9-10H2,1-3H3,(H,19,22)/t14-,15+/m0/s1. The van der Waals surface area contributed by atoms with Crippen molar-refractivity contribution in [2.45, 2.75) is 31.9 Å². The van der Waals surface area contributed by atoms with Gasteiger partial charge in [-0.05, 0) is 18.9 Å². The topological polar surface area (TPSA) is 83.2 Å². The highest BCUT2D eigenvalue weighted by molar-refractivity contribution is 5.76. The molecular formula is C16H23N5O3. The van der Waals surface area contributed by atoms with Crippen molar-refractivity contribution in [1.82, 2.24) is 24.9 Å². The third-order valence-electron chi connectivity index (χ3n) is 4.30. The van der Waals surface area contributed by atoms with Crippen molar-refractivity contribution < 1.29 is 14.3 Å². The summed E-state index contributed by atoms with van der Waals surface area (Å²) in [6.45, 7) is 2.92. The summed E-state index contributed by atoms with van der Waals surface area (Å²) in [5.41, 5.74) is 2.18. The second kappa shape index (κ2) is 7.04. The van der Waals surface area contributed by atoms with Gasteiger partial charge in [0.15, 0.2) is 5.75 Å². The van der Waals surface area contributed by atoms with Crippen molar-refractivity contribution in [2.24, 2.45) is 14.1 Å². The summed E-state index contributed by atoms with van der Waals surface area (Å²) in [7, 11) is 3.73. The first kappa shape index (κ1) is 16.5. The lowest BCUT2D eigenvalue weighted by molar-refractivity contribution is -0.122. The van der Waals surface area contributed by atoms with Crippen LogP contribution in [-0.2, 0) is 30.0 Å². The van der Waals surface area contributed by atoms with Crippen LogP contribution in [0.2, 0.25) is 0 Å². The number of rotatable bonds is 6. The van der Waals surface area contributed by atoms with Gasteiger partial charge < -0.3 is 14.8 Å². The number of ether oxygens (including phenoxy) is 2. The Morgan fingerprint density at radius 2 is 2.21 bits per heavy atom. The molecule has 2 aromatic rings. The number of nitrogens with one attached hydrogen (secondary N) is 1. The largest absolute Gasteiger partial charge is 0.482 e. The second-order valence-electron chi connectivity index (χ2n) is 6.10. The molecule has 0 saturated carbocycles. The van der Waals surface area contributed by atoms with Crippen LogP contribution in [-0.4, -0.2) is 50.8 Å². The molecule has 0 bridgehead atoms. The minimum absolute atomic E-state index is 0.00598. The Morgan fingerprint density at radius 3 is 2.88 bits per heavy atom. The van der Waals surface area contributed by atoms with Gasteiger partial charge in [0.1, 0.15) is 6.10 Å². The van der Waals surface area contributed by atoms with Crippen LogP contribution in [0.25, 0.3) is 0 Å². The molecule has 8 heteroatoms. The minimum Gasteiger partial charge on any atom is -0.482 e. The maximum atomic E-state index is 12.2. The van der Waals surface area contributed by atoms with Crippen LogP contribution in [0.4, 0.5) is 0 Å². The summed E-state index contributed by atoms with van der Waals surface area (Å²) < 4.78 is 14.8. The fourth-order valence-electron chi connectivity index (χ4n) is 2.74. The molecule has 1 amide bonds. The molecule has 0 aromatic carbocycles. The Bertz CT molecular complexity index is 708. The van der Waals surface area contributed by atoms with Gasteiger partial charge in [0.2, 0.25) is 5.91 Å². The van der Waals surface area contributed by atoms with Crippen LogP contribution in [0.1, 0.15) is 17.7 Å². The van der Waals surface area contributed by atoms with Gasteiger partial charge in [-0.1, -0.05) is 0 Å². The van der Waals surface area contributed by atoms with Crippen molar-refractivity contribution >= 4 is 5.91 Å². The van der Waals surface area contributed by atoms with E-state index in [1.54, 1.807) is 17.1 Å². The third kappa shape index (κ3) is 3.76. The van der Waals surface area contributed by atoms with Crippen molar-refractivity contribution in [3.8, 4) is 5.75 Å². The third-order valence-corrected chi connectivity index (χ3v) is 4.30. The zero-order chi connectivity index (χ0) is 17.1. The van der Waals surface area contributed by atoms with Gasteiger partial charge in [0.05, 0.1) is 37.8 Å². The lowest BCUT2D eigenvalue weighted by Crippen LogP contribution is -2.45. The molecule has 1 aliphatic heterocycles. The van der Waals surface area contributed by atoms with Gasteiger partial charge in [-0.2, -0.15) is 10.2 Å². The molecule has 3 heterocycles. The van der Waals surface area contributed by atoms with E-state index >= 15 is 0 Å². The fourth-order valence-corrected chi connectivity index (χ4v) is 2.74. The van der Waals surface area contributed by atoms with Gasteiger partial charge in [-0.25, -0.2) is 0 Å². The first-order valence-corrected chi connectivity index (χ1v) is 8.03. The lowest BCUT2D eigenvalue weighted by Gasteiger charge is -2.19. The molecule has 1 aliphatic rings. The van der Waals surface area contributed by atoms with Crippen LogP contribution in [0.15, 0.2) is 18.6 Å². The molecule has 1 saturated heterocycles.